The highest BCUT2D eigenvalue weighted by Crippen LogP contribution is 2.05. The van der Waals surface area contributed by atoms with E-state index in [0.717, 1.165) is 0 Å². The van der Waals surface area contributed by atoms with E-state index in [4.69, 9.17) is 0 Å². The van der Waals surface area contributed by atoms with Gasteiger partial charge in [-0.3, -0.25) is 4.79 Å². The number of Topliss-reactive ketones (excluding diaryl/α,β-unsaturated/α-hetero) is 1. The molecule has 0 bridgehead atoms. The molecule has 0 saturated heterocycles. The molecule has 0 aliphatic rings. The van der Waals surface area contributed by atoms with E-state index in [1.165, 1.54) is 0 Å². The number of alkyl carbamates (subject to hydrolysis) is 1. The van der Waals surface area contributed by atoms with Gasteiger partial charge >= 0.3 is 6.09 Å². The van der Waals surface area contributed by atoms with E-state index >= 15 is 0 Å². The molecule has 0 radical (unpaired) electrons. The number of amides is 1. The third-order valence-corrected chi connectivity index (χ3v) is 2.08. The summed E-state index contributed by atoms with van der Waals surface area (Å²) in [5.74, 6) is -0.178. The van der Waals surface area contributed by atoms with Crippen molar-refractivity contribution in [2.75, 3.05) is 13.2 Å². The molecule has 17 heavy (non-hydrogen) atoms. The molecular weight excluding hydrogens is 218 g/mol. The lowest BCUT2D eigenvalue weighted by Gasteiger charge is -2.07. The molecule has 0 spiro atoms. The van der Waals surface area contributed by atoms with Crippen LogP contribution in [0.25, 0.3) is 0 Å². The summed E-state index contributed by atoms with van der Waals surface area (Å²) >= 11 is 0. The van der Waals surface area contributed by atoms with Crippen LogP contribution in [0.3, 0.4) is 0 Å². The molecule has 0 saturated carbocycles. The van der Waals surface area contributed by atoms with Crippen LogP contribution < -0.4 is 5.32 Å². The van der Waals surface area contributed by atoms with E-state index in [0.29, 0.717) is 17.7 Å². The van der Waals surface area contributed by atoms with Crippen LogP contribution in [0.4, 0.5) is 4.79 Å². The number of rotatable bonds is 5. The zero-order valence-electron chi connectivity index (χ0n) is 9.73. The first-order chi connectivity index (χ1) is 8.15. The smallest absolute Gasteiger partial charge is 0.407 e. The Bertz CT molecular complexity index is 412. The number of ketones is 1. The molecule has 0 heterocycles. The summed E-state index contributed by atoms with van der Waals surface area (Å²) < 4.78 is 4.68. The minimum Gasteiger partial charge on any atom is -0.450 e. The van der Waals surface area contributed by atoms with Gasteiger partial charge in [-0.15, -0.1) is 0 Å². The maximum absolute atomic E-state index is 11.8. The number of benzene rings is 1. The van der Waals surface area contributed by atoms with Gasteiger partial charge in [0.25, 0.3) is 0 Å². The molecule has 0 unspecified atom stereocenters. The predicted octanol–water partition coefficient (Wildman–Crippen LogP) is 2.17. The largest absolute Gasteiger partial charge is 0.450 e. The second-order valence-electron chi connectivity index (χ2n) is 3.37. The monoisotopic (exact) mass is 233 g/mol. The fourth-order valence-electron chi connectivity index (χ4n) is 1.23. The van der Waals surface area contributed by atoms with Crippen molar-refractivity contribution < 1.29 is 14.3 Å². The first kappa shape index (κ1) is 13.0. The number of carbonyl (C=O) groups excluding carboxylic acids is 2. The van der Waals surface area contributed by atoms with Crippen molar-refractivity contribution >= 4 is 11.9 Å². The maximum atomic E-state index is 11.8. The highest BCUT2D eigenvalue weighted by atomic mass is 16.5. The molecule has 1 N–H and O–H groups in total. The first-order valence-corrected chi connectivity index (χ1v) is 5.33. The summed E-state index contributed by atoms with van der Waals surface area (Å²) in [7, 11) is 0. The Kier molecular flexibility index (Phi) is 4.94. The van der Waals surface area contributed by atoms with E-state index in [-0.39, 0.29) is 12.3 Å². The van der Waals surface area contributed by atoms with Gasteiger partial charge in [0, 0.05) is 17.7 Å². The third-order valence-electron chi connectivity index (χ3n) is 2.08. The number of hydrogen-bond donors (Lipinski definition) is 1. The van der Waals surface area contributed by atoms with Crippen LogP contribution in [-0.4, -0.2) is 25.0 Å². The van der Waals surface area contributed by atoms with Crippen LogP contribution in [0, 0.1) is 0 Å². The lowest BCUT2D eigenvalue weighted by atomic mass is 10.1. The van der Waals surface area contributed by atoms with Gasteiger partial charge in [-0.25, -0.2) is 4.79 Å². The summed E-state index contributed by atoms with van der Waals surface area (Å²) in [6, 6.07) is 8.80. The van der Waals surface area contributed by atoms with E-state index in [2.05, 4.69) is 16.6 Å². The van der Waals surface area contributed by atoms with Gasteiger partial charge in [0.05, 0.1) is 6.61 Å². The second kappa shape index (κ2) is 6.48. The predicted molar refractivity (Wildman–Crippen MR) is 64.9 cm³/mol. The first-order valence-electron chi connectivity index (χ1n) is 5.33. The van der Waals surface area contributed by atoms with Gasteiger partial charge in [-0.1, -0.05) is 36.9 Å². The second-order valence-corrected chi connectivity index (χ2v) is 3.37. The normalized spacial score (nSPS) is 9.47. The van der Waals surface area contributed by atoms with Crippen molar-refractivity contribution in [2.24, 2.45) is 0 Å². The standard InChI is InChI=1S/C13H15NO3/c1-3-17-13(16)14-9-10(2)12(15)11-7-5-4-6-8-11/h4-8H,2-3,9H2,1H3,(H,14,16). The third kappa shape index (κ3) is 4.10. The summed E-state index contributed by atoms with van der Waals surface area (Å²) in [5, 5.41) is 2.45. The molecule has 0 fully saturated rings. The summed E-state index contributed by atoms with van der Waals surface area (Å²) in [6.07, 6.45) is -0.547. The van der Waals surface area contributed by atoms with E-state index in [1.54, 1.807) is 31.2 Å². The molecule has 90 valence electrons. The van der Waals surface area contributed by atoms with E-state index in [9.17, 15) is 9.59 Å². The number of carbonyl (C=O) groups is 2. The topological polar surface area (TPSA) is 55.4 Å². The minimum atomic E-state index is -0.547. The van der Waals surface area contributed by atoms with E-state index < -0.39 is 6.09 Å². The van der Waals surface area contributed by atoms with Crippen LogP contribution in [0.15, 0.2) is 42.5 Å². The van der Waals surface area contributed by atoms with Gasteiger partial charge < -0.3 is 10.1 Å². The lowest BCUT2D eigenvalue weighted by Crippen LogP contribution is -2.28. The molecule has 0 aromatic heterocycles. The number of nitrogens with one attached hydrogen (secondary N) is 1. The SMILES string of the molecule is C=C(CNC(=O)OCC)C(=O)c1ccccc1. The van der Waals surface area contributed by atoms with Gasteiger partial charge in [0.2, 0.25) is 0 Å². The van der Waals surface area contributed by atoms with Crippen molar-refractivity contribution in [1.82, 2.24) is 5.32 Å². The zero-order valence-corrected chi connectivity index (χ0v) is 9.73. The van der Waals surface area contributed by atoms with Gasteiger partial charge in [0.1, 0.15) is 0 Å². The average molecular weight is 233 g/mol. The molecule has 1 aromatic carbocycles. The highest BCUT2D eigenvalue weighted by molar-refractivity contribution is 6.08. The Morgan fingerprint density at radius 3 is 2.53 bits per heavy atom. The van der Waals surface area contributed by atoms with Crippen LogP contribution in [-0.2, 0) is 4.74 Å². The molecule has 4 heteroatoms. The van der Waals surface area contributed by atoms with Crippen LogP contribution in [0.2, 0.25) is 0 Å². The van der Waals surface area contributed by atoms with Crippen molar-refractivity contribution in [1.29, 1.82) is 0 Å². The molecule has 0 aliphatic carbocycles. The summed E-state index contributed by atoms with van der Waals surface area (Å²) in [6.45, 7) is 5.74. The molecule has 1 amide bonds. The summed E-state index contributed by atoms with van der Waals surface area (Å²) in [5.41, 5.74) is 0.882. The average Bonchev–Trinajstić information content (AvgIpc) is 2.36. The zero-order chi connectivity index (χ0) is 12.7. The van der Waals surface area contributed by atoms with Crippen molar-refractivity contribution in [3.63, 3.8) is 0 Å². The Balaban J connectivity index is 2.49. The molecule has 1 rings (SSSR count). The molecule has 1 aromatic rings. The Morgan fingerprint density at radius 1 is 1.29 bits per heavy atom. The van der Waals surface area contributed by atoms with Crippen LogP contribution in [0.5, 0.6) is 0 Å². The fourth-order valence-corrected chi connectivity index (χ4v) is 1.23. The number of hydrogen-bond acceptors (Lipinski definition) is 3. The molecular formula is C13H15NO3. The maximum Gasteiger partial charge on any atom is 0.407 e. The van der Waals surface area contributed by atoms with Gasteiger partial charge in [-0.2, -0.15) is 0 Å². The molecule has 0 atom stereocenters. The molecule has 0 aliphatic heterocycles. The minimum absolute atomic E-state index is 0.0898. The molecule has 4 nitrogen and oxygen atoms in total. The van der Waals surface area contributed by atoms with Crippen molar-refractivity contribution in [3.8, 4) is 0 Å². The Labute approximate surface area is 100 Å². The Morgan fingerprint density at radius 2 is 1.94 bits per heavy atom. The highest BCUT2D eigenvalue weighted by Gasteiger charge is 2.10. The van der Waals surface area contributed by atoms with Crippen LogP contribution >= 0.6 is 0 Å². The van der Waals surface area contributed by atoms with Crippen molar-refractivity contribution in [3.05, 3.63) is 48.0 Å². The fraction of sp³-hybridized carbons (Fsp3) is 0.231. The van der Waals surface area contributed by atoms with Gasteiger partial charge in [-0.05, 0) is 6.92 Å². The number of ether oxygens (including phenoxy) is 1. The quantitative estimate of drug-likeness (QED) is 0.626. The van der Waals surface area contributed by atoms with Crippen LogP contribution in [0.1, 0.15) is 17.3 Å². The van der Waals surface area contributed by atoms with Gasteiger partial charge in [0.15, 0.2) is 5.78 Å². The lowest BCUT2D eigenvalue weighted by molar-refractivity contribution is 0.103. The Hall–Kier alpha value is -2.10. The summed E-state index contributed by atoms with van der Waals surface area (Å²) in [4.78, 5) is 22.8. The van der Waals surface area contributed by atoms with Crippen molar-refractivity contribution in [2.45, 2.75) is 6.92 Å². The van der Waals surface area contributed by atoms with E-state index in [1.807, 2.05) is 6.07 Å².